The summed E-state index contributed by atoms with van der Waals surface area (Å²) in [5.41, 5.74) is 0. The van der Waals surface area contributed by atoms with Crippen LogP contribution in [0.15, 0.2) is 12.2 Å². The molecule has 6 nitrogen and oxygen atoms in total. The highest BCUT2D eigenvalue weighted by molar-refractivity contribution is 5.71. The lowest BCUT2D eigenvalue weighted by Crippen LogP contribution is -2.30. The first-order valence-corrected chi connectivity index (χ1v) is 37.2. The molecular formula is C75H144O6. The Hall–Kier alpha value is -1.85. The fourth-order valence-corrected chi connectivity index (χ4v) is 11.7. The topological polar surface area (TPSA) is 78.9 Å². The minimum atomic E-state index is -0.769. The first-order chi connectivity index (χ1) is 40.0. The first kappa shape index (κ1) is 79.2. The lowest BCUT2D eigenvalue weighted by molar-refractivity contribution is -0.167. The number of carbonyl (C=O) groups excluding carboxylic acids is 3. The van der Waals surface area contributed by atoms with Gasteiger partial charge in [0.25, 0.3) is 0 Å². The van der Waals surface area contributed by atoms with Crippen molar-refractivity contribution in [3.05, 3.63) is 12.2 Å². The second-order valence-corrected chi connectivity index (χ2v) is 25.6. The summed E-state index contributed by atoms with van der Waals surface area (Å²) >= 11 is 0. The van der Waals surface area contributed by atoms with E-state index >= 15 is 0 Å². The van der Waals surface area contributed by atoms with Crippen LogP contribution in [0.25, 0.3) is 0 Å². The van der Waals surface area contributed by atoms with Crippen molar-refractivity contribution < 1.29 is 28.6 Å². The van der Waals surface area contributed by atoms with E-state index in [2.05, 4.69) is 32.9 Å². The normalized spacial score (nSPS) is 12.0. The van der Waals surface area contributed by atoms with Gasteiger partial charge in [0, 0.05) is 19.3 Å². The molecule has 1 unspecified atom stereocenters. The van der Waals surface area contributed by atoms with E-state index in [4.69, 9.17) is 14.2 Å². The summed E-state index contributed by atoms with van der Waals surface area (Å²) in [4.78, 5) is 38.5. The number of esters is 3. The molecule has 0 saturated carbocycles. The average Bonchev–Trinajstić information content (AvgIpc) is 3.47. The SMILES string of the molecule is CCCCCCCCC/C=C\CCCCCCCCCC(=O)OC(COC(=O)CCCCCCCCCCCCCCCCCC)COC(=O)CCCCCCCCCCCCCCCCCCCCCCCCCCCCCCC. The molecule has 0 rings (SSSR count). The average molecular weight is 1140 g/mol. The predicted molar refractivity (Wildman–Crippen MR) is 353 cm³/mol. The van der Waals surface area contributed by atoms with Gasteiger partial charge in [0.05, 0.1) is 0 Å². The van der Waals surface area contributed by atoms with E-state index in [9.17, 15) is 14.4 Å². The molecule has 0 aromatic heterocycles. The Bertz CT molecular complexity index is 1260. The lowest BCUT2D eigenvalue weighted by atomic mass is 10.0. The van der Waals surface area contributed by atoms with E-state index in [0.29, 0.717) is 19.3 Å². The summed E-state index contributed by atoms with van der Waals surface area (Å²) in [6, 6.07) is 0. The van der Waals surface area contributed by atoms with Crippen LogP contribution in [0.2, 0.25) is 0 Å². The van der Waals surface area contributed by atoms with Crippen LogP contribution in [0.4, 0.5) is 0 Å². The largest absolute Gasteiger partial charge is 0.462 e. The van der Waals surface area contributed by atoms with Crippen molar-refractivity contribution in [1.29, 1.82) is 0 Å². The summed E-state index contributed by atoms with van der Waals surface area (Å²) in [7, 11) is 0. The molecule has 0 amide bonds. The quantitative estimate of drug-likeness (QED) is 0.0261. The third-order valence-electron chi connectivity index (χ3n) is 17.3. The van der Waals surface area contributed by atoms with Crippen LogP contribution in [0.3, 0.4) is 0 Å². The van der Waals surface area contributed by atoms with Crippen molar-refractivity contribution in [3.63, 3.8) is 0 Å². The smallest absolute Gasteiger partial charge is 0.306 e. The van der Waals surface area contributed by atoms with Gasteiger partial charge in [-0.05, 0) is 44.9 Å². The zero-order chi connectivity index (χ0) is 58.5. The summed E-state index contributed by atoms with van der Waals surface area (Å²) < 4.78 is 17.0. The lowest BCUT2D eigenvalue weighted by Gasteiger charge is -2.18. The third-order valence-corrected chi connectivity index (χ3v) is 17.3. The second kappa shape index (κ2) is 70.6. The molecule has 6 heteroatoms. The van der Waals surface area contributed by atoms with Crippen LogP contribution in [0, 0.1) is 0 Å². The highest BCUT2D eigenvalue weighted by atomic mass is 16.6. The van der Waals surface area contributed by atoms with Gasteiger partial charge >= 0.3 is 17.9 Å². The summed E-state index contributed by atoms with van der Waals surface area (Å²) in [6.45, 7) is 6.73. The highest BCUT2D eigenvalue weighted by Crippen LogP contribution is 2.19. The minimum absolute atomic E-state index is 0.0647. The number of hydrogen-bond donors (Lipinski definition) is 0. The van der Waals surface area contributed by atoms with Crippen molar-refractivity contribution in [2.24, 2.45) is 0 Å². The van der Waals surface area contributed by atoms with E-state index < -0.39 is 6.10 Å². The van der Waals surface area contributed by atoms with E-state index in [0.717, 1.165) is 57.8 Å². The zero-order valence-electron chi connectivity index (χ0n) is 55.4. The molecule has 0 fully saturated rings. The maximum absolute atomic E-state index is 13.0. The monoisotopic (exact) mass is 1140 g/mol. The molecule has 0 aliphatic heterocycles. The van der Waals surface area contributed by atoms with Gasteiger partial charge in [0.2, 0.25) is 0 Å². The Kier molecular flexibility index (Phi) is 69.0. The molecule has 0 N–H and O–H groups in total. The number of carbonyl (C=O) groups is 3. The van der Waals surface area contributed by atoms with E-state index in [-0.39, 0.29) is 31.1 Å². The molecule has 0 heterocycles. The van der Waals surface area contributed by atoms with Gasteiger partial charge in [-0.25, -0.2) is 0 Å². The van der Waals surface area contributed by atoms with Crippen LogP contribution < -0.4 is 0 Å². The first-order valence-electron chi connectivity index (χ1n) is 37.2. The number of unbranched alkanes of at least 4 members (excludes halogenated alkanes) is 57. The Balaban J connectivity index is 4.18. The maximum atomic E-state index is 13.0. The van der Waals surface area contributed by atoms with Crippen molar-refractivity contribution in [1.82, 2.24) is 0 Å². The number of allylic oxidation sites excluding steroid dienone is 2. The van der Waals surface area contributed by atoms with Gasteiger partial charge in [-0.1, -0.05) is 380 Å². The fraction of sp³-hybridized carbons (Fsp3) is 0.933. The molecule has 0 aromatic rings. The van der Waals surface area contributed by atoms with Gasteiger partial charge in [-0.2, -0.15) is 0 Å². The molecular weight excluding hydrogens is 997 g/mol. The van der Waals surface area contributed by atoms with Crippen molar-refractivity contribution in [3.8, 4) is 0 Å². The van der Waals surface area contributed by atoms with Crippen LogP contribution in [0.5, 0.6) is 0 Å². The number of ether oxygens (including phenoxy) is 3. The molecule has 1 atom stereocenters. The van der Waals surface area contributed by atoms with Crippen molar-refractivity contribution in [2.45, 2.75) is 438 Å². The number of hydrogen-bond acceptors (Lipinski definition) is 6. The van der Waals surface area contributed by atoms with Gasteiger partial charge in [0.1, 0.15) is 13.2 Å². The number of rotatable bonds is 70. The van der Waals surface area contributed by atoms with Gasteiger partial charge in [0.15, 0.2) is 6.10 Å². The van der Waals surface area contributed by atoms with E-state index in [1.54, 1.807) is 0 Å². The molecule has 0 radical (unpaired) electrons. The molecule has 480 valence electrons. The van der Waals surface area contributed by atoms with Gasteiger partial charge < -0.3 is 14.2 Å². The zero-order valence-corrected chi connectivity index (χ0v) is 55.4. The standard InChI is InChI=1S/C75H144O6/c1-4-7-10-13-16-19-22-25-28-31-33-34-35-36-37-38-39-40-41-42-43-45-47-50-53-56-59-62-65-68-74(77)80-71-72(70-79-73(76)67-64-61-58-55-52-49-46-30-27-24-21-18-15-12-9-6-3)81-75(78)69-66-63-60-57-54-51-48-44-32-29-26-23-20-17-14-11-8-5-2/h29,32,72H,4-28,30-31,33-71H2,1-3H3/b32-29-. The molecule has 0 aliphatic carbocycles. The second-order valence-electron chi connectivity index (χ2n) is 25.6. The van der Waals surface area contributed by atoms with Crippen LogP contribution in [0.1, 0.15) is 432 Å². The maximum Gasteiger partial charge on any atom is 0.306 e. The van der Waals surface area contributed by atoms with Crippen molar-refractivity contribution >= 4 is 17.9 Å². The predicted octanol–water partition coefficient (Wildman–Crippen LogP) is 25.6. The van der Waals surface area contributed by atoms with Crippen LogP contribution >= 0.6 is 0 Å². The molecule has 0 aliphatic rings. The molecule has 0 bridgehead atoms. The summed E-state index contributed by atoms with van der Waals surface area (Å²) in [6.07, 6.45) is 85.4. The van der Waals surface area contributed by atoms with Gasteiger partial charge in [-0.3, -0.25) is 14.4 Å². The van der Waals surface area contributed by atoms with Crippen LogP contribution in [-0.2, 0) is 28.6 Å². The van der Waals surface area contributed by atoms with Crippen molar-refractivity contribution in [2.75, 3.05) is 13.2 Å². The highest BCUT2D eigenvalue weighted by Gasteiger charge is 2.20. The Labute approximate surface area is 507 Å². The van der Waals surface area contributed by atoms with E-state index in [1.807, 2.05) is 0 Å². The summed E-state index contributed by atoms with van der Waals surface area (Å²) in [5.74, 6) is -0.831. The van der Waals surface area contributed by atoms with Gasteiger partial charge in [-0.15, -0.1) is 0 Å². The molecule has 81 heavy (non-hydrogen) atoms. The molecule has 0 aromatic carbocycles. The van der Waals surface area contributed by atoms with E-state index in [1.165, 1.54) is 334 Å². The Morgan fingerprint density at radius 1 is 0.235 bits per heavy atom. The third kappa shape index (κ3) is 68.8. The molecule has 0 saturated heterocycles. The summed E-state index contributed by atoms with van der Waals surface area (Å²) in [5, 5.41) is 0. The minimum Gasteiger partial charge on any atom is -0.462 e. The Morgan fingerprint density at radius 2 is 0.407 bits per heavy atom. The molecule has 0 spiro atoms. The fourth-order valence-electron chi connectivity index (χ4n) is 11.7. The Morgan fingerprint density at radius 3 is 0.617 bits per heavy atom. The van der Waals surface area contributed by atoms with Crippen LogP contribution in [-0.4, -0.2) is 37.2 Å².